The zero-order valence-corrected chi connectivity index (χ0v) is 13.3. The Labute approximate surface area is 128 Å². The summed E-state index contributed by atoms with van der Waals surface area (Å²) in [5, 5.41) is 0. The van der Waals surface area contributed by atoms with E-state index >= 15 is 0 Å². The molecule has 1 fully saturated rings. The summed E-state index contributed by atoms with van der Waals surface area (Å²) in [6, 6.07) is 0. The Morgan fingerprint density at radius 3 is 2.24 bits per heavy atom. The highest BCUT2D eigenvalue weighted by Gasteiger charge is 2.35. The fraction of sp³-hybridized carbons (Fsp3) is 0.765. The summed E-state index contributed by atoms with van der Waals surface area (Å²) < 4.78 is 5.25. The van der Waals surface area contributed by atoms with Crippen LogP contribution in [0, 0.1) is 5.92 Å². The van der Waals surface area contributed by atoms with Crippen molar-refractivity contribution in [2.24, 2.45) is 5.92 Å². The summed E-state index contributed by atoms with van der Waals surface area (Å²) in [6.07, 6.45) is 11.2. The van der Waals surface area contributed by atoms with Gasteiger partial charge in [0.25, 0.3) is 0 Å². The lowest BCUT2D eigenvalue weighted by atomic mass is 10.0. The monoisotopic (exact) mass is 295 g/mol. The molecule has 0 N–H and O–H groups in total. The predicted octanol–water partition coefficient (Wildman–Crippen LogP) is 3.31. The van der Waals surface area contributed by atoms with E-state index in [-0.39, 0.29) is 17.8 Å². The van der Waals surface area contributed by atoms with Crippen molar-refractivity contribution in [2.75, 3.05) is 19.7 Å². The Kier molecular flexibility index (Phi) is 8.79. The van der Waals surface area contributed by atoms with Crippen LogP contribution in [0.4, 0.5) is 0 Å². The number of ether oxygens (including phenoxy) is 1. The number of unbranched alkanes of at least 4 members (excludes halogenated alkanes) is 7. The van der Waals surface area contributed by atoms with Gasteiger partial charge in [-0.3, -0.25) is 9.59 Å². The largest absolute Gasteiger partial charge is 0.465 e. The number of likely N-dealkylation sites (tertiary alicyclic amines) is 1. The Morgan fingerprint density at radius 2 is 1.67 bits per heavy atom. The quantitative estimate of drug-likeness (QED) is 0.334. The Hall–Kier alpha value is -1.32. The van der Waals surface area contributed by atoms with Crippen LogP contribution in [0.5, 0.6) is 0 Å². The third-order valence-electron chi connectivity index (χ3n) is 3.94. The van der Waals surface area contributed by atoms with Gasteiger partial charge in [-0.25, -0.2) is 0 Å². The first-order chi connectivity index (χ1) is 10.2. The lowest BCUT2D eigenvalue weighted by molar-refractivity contribution is -0.157. The van der Waals surface area contributed by atoms with E-state index in [0.29, 0.717) is 19.7 Å². The van der Waals surface area contributed by atoms with Crippen LogP contribution >= 0.6 is 0 Å². The Balaban J connectivity index is 1.91. The van der Waals surface area contributed by atoms with Crippen molar-refractivity contribution in [1.29, 1.82) is 0 Å². The molecule has 1 saturated heterocycles. The third kappa shape index (κ3) is 6.78. The van der Waals surface area contributed by atoms with Gasteiger partial charge in [0.2, 0.25) is 5.91 Å². The van der Waals surface area contributed by atoms with Crippen LogP contribution in [-0.4, -0.2) is 36.5 Å². The van der Waals surface area contributed by atoms with E-state index in [1.54, 1.807) is 4.90 Å². The molecule has 0 radical (unpaired) electrons. The molecular formula is C17H29NO3. The molecule has 0 aromatic heterocycles. The molecule has 1 heterocycles. The molecule has 0 aromatic rings. The van der Waals surface area contributed by atoms with Crippen molar-refractivity contribution in [3.8, 4) is 0 Å². The van der Waals surface area contributed by atoms with Crippen molar-refractivity contribution in [1.82, 2.24) is 4.90 Å². The molecule has 21 heavy (non-hydrogen) atoms. The van der Waals surface area contributed by atoms with Crippen molar-refractivity contribution in [2.45, 2.75) is 58.3 Å². The number of rotatable bonds is 11. The summed E-state index contributed by atoms with van der Waals surface area (Å²) in [4.78, 5) is 24.6. The minimum atomic E-state index is -0.161. The van der Waals surface area contributed by atoms with Gasteiger partial charge in [-0.2, -0.15) is 0 Å². The predicted molar refractivity (Wildman–Crippen MR) is 83.8 cm³/mol. The Morgan fingerprint density at radius 1 is 1.10 bits per heavy atom. The van der Waals surface area contributed by atoms with Crippen LogP contribution < -0.4 is 0 Å². The van der Waals surface area contributed by atoms with Gasteiger partial charge in [-0.1, -0.05) is 58.4 Å². The zero-order chi connectivity index (χ0) is 15.5. The second kappa shape index (κ2) is 10.4. The molecule has 0 saturated carbocycles. The molecule has 0 unspecified atom stereocenters. The summed E-state index contributed by atoms with van der Waals surface area (Å²) in [6.45, 7) is 7.11. The van der Waals surface area contributed by atoms with Gasteiger partial charge in [-0.15, -0.1) is 0 Å². The Bertz CT molecular complexity index is 335. The topological polar surface area (TPSA) is 46.6 Å². The highest BCUT2D eigenvalue weighted by molar-refractivity contribution is 5.89. The van der Waals surface area contributed by atoms with Gasteiger partial charge in [0, 0.05) is 13.1 Å². The summed E-state index contributed by atoms with van der Waals surface area (Å²) >= 11 is 0. The SMILES string of the molecule is C=CC(=O)N1CC(C(=O)OCCCCCCCCCC)C1. The fourth-order valence-electron chi connectivity index (χ4n) is 2.46. The minimum absolute atomic E-state index is 0.109. The van der Waals surface area contributed by atoms with Crippen LogP contribution in [-0.2, 0) is 14.3 Å². The van der Waals surface area contributed by atoms with E-state index in [1.807, 2.05) is 0 Å². The molecule has 1 amide bonds. The number of carbonyl (C=O) groups excluding carboxylic acids is 2. The van der Waals surface area contributed by atoms with E-state index in [2.05, 4.69) is 13.5 Å². The van der Waals surface area contributed by atoms with E-state index < -0.39 is 0 Å². The van der Waals surface area contributed by atoms with Crippen molar-refractivity contribution in [3.05, 3.63) is 12.7 Å². The van der Waals surface area contributed by atoms with E-state index in [9.17, 15) is 9.59 Å². The van der Waals surface area contributed by atoms with Crippen LogP contribution in [0.25, 0.3) is 0 Å². The molecule has 0 aliphatic carbocycles. The highest BCUT2D eigenvalue weighted by Crippen LogP contribution is 2.17. The van der Waals surface area contributed by atoms with Crippen LogP contribution in [0.15, 0.2) is 12.7 Å². The van der Waals surface area contributed by atoms with Gasteiger partial charge in [-0.05, 0) is 12.5 Å². The van der Waals surface area contributed by atoms with E-state index in [1.165, 1.54) is 44.6 Å². The van der Waals surface area contributed by atoms with Gasteiger partial charge in [0.05, 0.1) is 12.5 Å². The van der Waals surface area contributed by atoms with Gasteiger partial charge in [0.1, 0.15) is 0 Å². The average Bonchev–Trinajstić information content (AvgIpc) is 2.43. The number of nitrogens with zero attached hydrogens (tertiary/aromatic N) is 1. The first-order valence-corrected chi connectivity index (χ1v) is 8.27. The smallest absolute Gasteiger partial charge is 0.312 e. The number of hydrogen-bond acceptors (Lipinski definition) is 3. The summed E-state index contributed by atoms with van der Waals surface area (Å²) in [5.74, 6) is -0.406. The number of carbonyl (C=O) groups is 2. The lowest BCUT2D eigenvalue weighted by Gasteiger charge is -2.36. The lowest BCUT2D eigenvalue weighted by Crippen LogP contribution is -2.53. The van der Waals surface area contributed by atoms with Gasteiger partial charge >= 0.3 is 5.97 Å². The first kappa shape index (κ1) is 17.7. The van der Waals surface area contributed by atoms with E-state index in [0.717, 1.165) is 12.8 Å². The maximum absolute atomic E-state index is 11.7. The van der Waals surface area contributed by atoms with E-state index in [4.69, 9.17) is 4.74 Å². The second-order valence-electron chi connectivity index (χ2n) is 5.79. The highest BCUT2D eigenvalue weighted by atomic mass is 16.5. The van der Waals surface area contributed by atoms with Crippen LogP contribution in [0.1, 0.15) is 58.3 Å². The maximum atomic E-state index is 11.7. The third-order valence-corrected chi connectivity index (χ3v) is 3.94. The number of amides is 1. The summed E-state index contributed by atoms with van der Waals surface area (Å²) in [7, 11) is 0. The van der Waals surface area contributed by atoms with Crippen molar-refractivity contribution >= 4 is 11.9 Å². The van der Waals surface area contributed by atoms with Gasteiger partial charge in [0.15, 0.2) is 0 Å². The zero-order valence-electron chi connectivity index (χ0n) is 13.3. The molecule has 4 heteroatoms. The molecule has 1 aliphatic heterocycles. The molecule has 0 spiro atoms. The molecule has 0 bridgehead atoms. The van der Waals surface area contributed by atoms with Crippen molar-refractivity contribution in [3.63, 3.8) is 0 Å². The van der Waals surface area contributed by atoms with Crippen molar-refractivity contribution < 1.29 is 14.3 Å². The molecule has 1 aliphatic rings. The van der Waals surface area contributed by atoms with Gasteiger partial charge < -0.3 is 9.64 Å². The molecule has 4 nitrogen and oxygen atoms in total. The first-order valence-electron chi connectivity index (χ1n) is 8.27. The molecule has 1 rings (SSSR count). The van der Waals surface area contributed by atoms with Crippen LogP contribution in [0.2, 0.25) is 0 Å². The maximum Gasteiger partial charge on any atom is 0.312 e. The summed E-state index contributed by atoms with van der Waals surface area (Å²) in [5.41, 5.74) is 0. The second-order valence-corrected chi connectivity index (χ2v) is 5.79. The minimum Gasteiger partial charge on any atom is -0.465 e. The molecule has 0 atom stereocenters. The standard InChI is InChI=1S/C17H29NO3/c1-3-5-6-7-8-9-10-11-12-21-17(20)15-13-18(14-15)16(19)4-2/h4,15H,2-3,5-14H2,1H3. The molecular weight excluding hydrogens is 266 g/mol. The molecule has 120 valence electrons. The van der Waals surface area contributed by atoms with Crippen LogP contribution in [0.3, 0.4) is 0 Å². The average molecular weight is 295 g/mol. The molecule has 0 aromatic carbocycles. The fourth-order valence-corrected chi connectivity index (χ4v) is 2.46. The normalized spacial score (nSPS) is 14.6. The number of esters is 1. The number of hydrogen-bond donors (Lipinski definition) is 0.